The van der Waals surface area contributed by atoms with E-state index in [9.17, 15) is 9.90 Å². The zero-order chi connectivity index (χ0) is 17.6. The maximum Gasteiger partial charge on any atom is 1.00 e. The molecular formula is C20H16ClNaO4. The first-order valence-electron chi connectivity index (χ1n) is 7.83. The second kappa shape index (κ2) is 9.83. The molecule has 3 aromatic rings. The van der Waals surface area contributed by atoms with Crippen LogP contribution in [0.2, 0.25) is 5.02 Å². The first kappa shape index (κ1) is 20.6. The number of aliphatic carboxylic acids is 1. The molecule has 0 N–H and O–H groups in total. The van der Waals surface area contributed by atoms with Crippen LogP contribution in [0.5, 0.6) is 5.75 Å². The van der Waals surface area contributed by atoms with E-state index < -0.39 is 5.97 Å². The van der Waals surface area contributed by atoms with Crippen molar-refractivity contribution in [3.8, 4) is 5.75 Å². The predicted octanol–water partition coefficient (Wildman–Crippen LogP) is 0.399. The molecule has 0 saturated heterocycles. The van der Waals surface area contributed by atoms with Gasteiger partial charge in [-0.15, -0.1) is 0 Å². The van der Waals surface area contributed by atoms with Gasteiger partial charge < -0.3 is 19.1 Å². The molecule has 0 aliphatic heterocycles. The van der Waals surface area contributed by atoms with Crippen LogP contribution in [0.15, 0.2) is 65.1 Å². The van der Waals surface area contributed by atoms with Crippen LogP contribution >= 0.6 is 11.6 Å². The second-order valence-electron chi connectivity index (χ2n) is 5.62. The SMILES string of the molecule is O=C([O-])Cc1ccc(Cc2cc(Cl)ccc2OCc2ccccc2)o1.[Na+]. The third kappa shape index (κ3) is 5.92. The number of hydrogen-bond acceptors (Lipinski definition) is 4. The minimum Gasteiger partial charge on any atom is -0.550 e. The summed E-state index contributed by atoms with van der Waals surface area (Å²) in [4.78, 5) is 10.6. The average Bonchev–Trinajstić information content (AvgIpc) is 3.01. The zero-order valence-electron chi connectivity index (χ0n) is 14.4. The van der Waals surface area contributed by atoms with Crippen LogP contribution in [0.4, 0.5) is 0 Å². The van der Waals surface area contributed by atoms with Crippen LogP contribution in [0.3, 0.4) is 0 Å². The van der Waals surface area contributed by atoms with E-state index in [4.69, 9.17) is 20.8 Å². The molecule has 0 unspecified atom stereocenters. The van der Waals surface area contributed by atoms with E-state index in [1.807, 2.05) is 42.5 Å². The molecule has 0 bridgehead atoms. The van der Waals surface area contributed by atoms with Gasteiger partial charge in [-0.1, -0.05) is 41.9 Å². The molecule has 128 valence electrons. The number of carboxylic acid groups (broad SMARTS) is 1. The van der Waals surface area contributed by atoms with Crippen LogP contribution in [0, 0.1) is 0 Å². The molecule has 0 saturated carbocycles. The fourth-order valence-corrected chi connectivity index (χ4v) is 2.70. The summed E-state index contributed by atoms with van der Waals surface area (Å²) in [6.45, 7) is 0.448. The maximum atomic E-state index is 10.6. The largest absolute Gasteiger partial charge is 1.00 e. The van der Waals surface area contributed by atoms with Crippen molar-refractivity contribution in [1.82, 2.24) is 0 Å². The van der Waals surface area contributed by atoms with Gasteiger partial charge in [0, 0.05) is 29.4 Å². The van der Waals surface area contributed by atoms with E-state index in [0.29, 0.717) is 35.3 Å². The number of carbonyl (C=O) groups is 1. The van der Waals surface area contributed by atoms with Crippen molar-refractivity contribution in [1.29, 1.82) is 0 Å². The fourth-order valence-electron chi connectivity index (χ4n) is 2.50. The Labute approximate surface area is 179 Å². The van der Waals surface area contributed by atoms with Crippen LogP contribution in [0.1, 0.15) is 22.6 Å². The van der Waals surface area contributed by atoms with Crippen molar-refractivity contribution in [3.05, 3.63) is 88.3 Å². The Morgan fingerprint density at radius 1 is 1.04 bits per heavy atom. The summed E-state index contributed by atoms with van der Waals surface area (Å²) in [5.41, 5.74) is 1.94. The quantitative estimate of drug-likeness (QED) is 0.558. The molecule has 0 atom stereocenters. The number of carboxylic acids is 1. The van der Waals surface area contributed by atoms with Gasteiger partial charge in [0.2, 0.25) is 0 Å². The summed E-state index contributed by atoms with van der Waals surface area (Å²) in [6, 6.07) is 18.7. The summed E-state index contributed by atoms with van der Waals surface area (Å²) in [5.74, 6) is 0.550. The minimum atomic E-state index is -1.17. The molecule has 1 aromatic heterocycles. The number of rotatable bonds is 7. The van der Waals surface area contributed by atoms with Crippen LogP contribution in [-0.2, 0) is 24.2 Å². The number of benzene rings is 2. The first-order valence-corrected chi connectivity index (χ1v) is 8.20. The van der Waals surface area contributed by atoms with Gasteiger partial charge >= 0.3 is 29.6 Å². The van der Waals surface area contributed by atoms with E-state index in [1.165, 1.54) is 0 Å². The molecule has 0 radical (unpaired) electrons. The van der Waals surface area contributed by atoms with Crippen molar-refractivity contribution in [2.45, 2.75) is 19.4 Å². The molecule has 3 rings (SSSR count). The number of ether oxygens (including phenoxy) is 1. The molecule has 2 aromatic carbocycles. The summed E-state index contributed by atoms with van der Waals surface area (Å²) >= 11 is 6.10. The molecule has 6 heteroatoms. The molecule has 0 aliphatic rings. The van der Waals surface area contributed by atoms with Crippen LogP contribution in [0.25, 0.3) is 0 Å². The van der Waals surface area contributed by atoms with Crippen LogP contribution < -0.4 is 39.4 Å². The molecule has 0 spiro atoms. The molecule has 1 heterocycles. The Kier molecular flexibility index (Phi) is 7.79. The van der Waals surface area contributed by atoms with Gasteiger partial charge in [0.15, 0.2) is 0 Å². The molecule has 26 heavy (non-hydrogen) atoms. The number of hydrogen-bond donors (Lipinski definition) is 0. The Balaban J connectivity index is 0.00000243. The Morgan fingerprint density at radius 2 is 1.77 bits per heavy atom. The monoisotopic (exact) mass is 378 g/mol. The van der Waals surface area contributed by atoms with Gasteiger partial charge in [-0.3, -0.25) is 0 Å². The molecule has 0 aliphatic carbocycles. The van der Waals surface area contributed by atoms with E-state index >= 15 is 0 Å². The maximum absolute atomic E-state index is 10.6. The van der Waals surface area contributed by atoms with E-state index in [0.717, 1.165) is 11.1 Å². The predicted molar refractivity (Wildman–Crippen MR) is 92.5 cm³/mol. The fraction of sp³-hybridized carbons (Fsp3) is 0.150. The number of halogens is 1. The van der Waals surface area contributed by atoms with Gasteiger partial charge in [0.25, 0.3) is 0 Å². The van der Waals surface area contributed by atoms with Crippen LogP contribution in [-0.4, -0.2) is 5.97 Å². The first-order chi connectivity index (χ1) is 12.1. The van der Waals surface area contributed by atoms with Gasteiger partial charge in [0.1, 0.15) is 23.9 Å². The Morgan fingerprint density at radius 3 is 2.50 bits per heavy atom. The summed E-state index contributed by atoms with van der Waals surface area (Å²) in [7, 11) is 0. The molecular weight excluding hydrogens is 363 g/mol. The normalized spacial score (nSPS) is 10.2. The third-order valence-electron chi connectivity index (χ3n) is 3.66. The number of carbonyl (C=O) groups excluding carboxylic acids is 1. The zero-order valence-corrected chi connectivity index (χ0v) is 17.2. The van der Waals surface area contributed by atoms with Gasteiger partial charge in [-0.2, -0.15) is 0 Å². The topological polar surface area (TPSA) is 62.5 Å². The van der Waals surface area contributed by atoms with E-state index in [-0.39, 0.29) is 36.0 Å². The molecule has 0 fully saturated rings. The van der Waals surface area contributed by atoms with Crippen molar-refractivity contribution in [3.63, 3.8) is 0 Å². The van der Waals surface area contributed by atoms with Gasteiger partial charge in [-0.05, 0) is 35.9 Å². The smallest absolute Gasteiger partial charge is 0.550 e. The standard InChI is InChI=1S/C20H17ClO4.Na/c21-16-6-9-19(24-13-14-4-2-1-3-5-14)15(10-16)11-17-7-8-18(25-17)12-20(22)23;/h1-10H,11-13H2,(H,22,23);/q;+1/p-1. The van der Waals surface area contributed by atoms with E-state index in [1.54, 1.807) is 18.2 Å². The van der Waals surface area contributed by atoms with Gasteiger partial charge in [0.05, 0.1) is 0 Å². The minimum absolute atomic E-state index is 0. The molecule has 0 amide bonds. The average molecular weight is 379 g/mol. The van der Waals surface area contributed by atoms with Gasteiger partial charge in [-0.25, -0.2) is 0 Å². The van der Waals surface area contributed by atoms with E-state index in [2.05, 4.69) is 0 Å². The van der Waals surface area contributed by atoms with Crippen molar-refractivity contribution in [2.75, 3.05) is 0 Å². The second-order valence-corrected chi connectivity index (χ2v) is 6.06. The number of furan rings is 1. The summed E-state index contributed by atoms with van der Waals surface area (Å²) in [5, 5.41) is 11.2. The Bertz CT molecular complexity index is 861. The van der Waals surface area contributed by atoms with Crippen molar-refractivity contribution in [2.24, 2.45) is 0 Å². The third-order valence-corrected chi connectivity index (χ3v) is 3.90. The summed E-state index contributed by atoms with van der Waals surface area (Å²) in [6.07, 6.45) is 0.213. The molecule has 4 nitrogen and oxygen atoms in total. The van der Waals surface area contributed by atoms with Crippen molar-refractivity contribution < 1.29 is 48.6 Å². The summed E-state index contributed by atoms with van der Waals surface area (Å²) < 4.78 is 11.5. The Hall–Kier alpha value is -1.72. The van der Waals surface area contributed by atoms with Crippen molar-refractivity contribution >= 4 is 17.6 Å².